The monoisotopic (exact) mass is 353 g/mol. The molecule has 3 rings (SSSR count). The lowest BCUT2D eigenvalue weighted by Crippen LogP contribution is -2.39. The Kier molecular flexibility index (Phi) is 4.59. The summed E-state index contributed by atoms with van der Waals surface area (Å²) in [4.78, 5) is 26.3. The molecule has 2 aromatic carbocycles. The molecule has 6 heteroatoms. The van der Waals surface area contributed by atoms with Crippen molar-refractivity contribution in [3.63, 3.8) is 0 Å². The maximum atomic E-state index is 12.5. The van der Waals surface area contributed by atoms with Crippen molar-refractivity contribution >= 4 is 29.0 Å². The number of ether oxygens (including phenoxy) is 1. The molecule has 3 amide bonds. The summed E-state index contributed by atoms with van der Waals surface area (Å²) >= 11 is 0. The molecular formula is C20H23N3O3. The van der Waals surface area contributed by atoms with Crippen LogP contribution in [0.3, 0.4) is 0 Å². The highest BCUT2D eigenvalue weighted by Crippen LogP contribution is 2.37. The van der Waals surface area contributed by atoms with Crippen LogP contribution in [0.5, 0.6) is 5.75 Å². The van der Waals surface area contributed by atoms with Crippen molar-refractivity contribution in [2.75, 3.05) is 29.2 Å². The van der Waals surface area contributed by atoms with Gasteiger partial charge < -0.3 is 20.3 Å². The predicted molar refractivity (Wildman–Crippen MR) is 103 cm³/mol. The molecule has 1 aliphatic heterocycles. The van der Waals surface area contributed by atoms with Gasteiger partial charge in [0.05, 0.1) is 11.1 Å². The van der Waals surface area contributed by atoms with E-state index in [9.17, 15) is 9.59 Å². The van der Waals surface area contributed by atoms with Crippen molar-refractivity contribution in [3.8, 4) is 5.75 Å². The van der Waals surface area contributed by atoms with E-state index in [0.29, 0.717) is 22.8 Å². The second-order valence-electron chi connectivity index (χ2n) is 7.16. The fourth-order valence-corrected chi connectivity index (χ4v) is 2.80. The highest BCUT2D eigenvalue weighted by atomic mass is 16.5. The van der Waals surface area contributed by atoms with Gasteiger partial charge in [0.25, 0.3) is 0 Å². The minimum absolute atomic E-state index is 0.00549. The van der Waals surface area contributed by atoms with Crippen molar-refractivity contribution in [1.82, 2.24) is 0 Å². The Morgan fingerprint density at radius 1 is 1.08 bits per heavy atom. The number of nitrogens with one attached hydrogen (secondary N) is 2. The first-order valence-corrected chi connectivity index (χ1v) is 8.46. The molecule has 0 bridgehead atoms. The van der Waals surface area contributed by atoms with Crippen LogP contribution < -0.4 is 20.3 Å². The summed E-state index contributed by atoms with van der Waals surface area (Å²) in [6, 6.07) is 12.5. The number of aryl methyl sites for hydroxylation is 1. The number of hydrogen-bond acceptors (Lipinski definition) is 3. The number of carbonyl (C=O) groups is 2. The molecule has 2 aromatic rings. The van der Waals surface area contributed by atoms with E-state index in [1.807, 2.05) is 45.0 Å². The van der Waals surface area contributed by atoms with E-state index in [1.54, 1.807) is 30.1 Å². The summed E-state index contributed by atoms with van der Waals surface area (Å²) in [7, 11) is 1.73. The van der Waals surface area contributed by atoms with Crippen molar-refractivity contribution < 1.29 is 14.3 Å². The minimum atomic E-state index is -0.607. The van der Waals surface area contributed by atoms with E-state index in [2.05, 4.69) is 10.6 Å². The number of anilines is 3. The molecule has 0 unspecified atom stereocenters. The maximum Gasteiger partial charge on any atom is 0.323 e. The Hall–Kier alpha value is -3.02. The number of carbonyl (C=O) groups excluding carboxylic acids is 2. The fraction of sp³-hybridized carbons (Fsp3) is 0.300. The van der Waals surface area contributed by atoms with Gasteiger partial charge in [-0.2, -0.15) is 0 Å². The molecular weight excluding hydrogens is 330 g/mol. The highest BCUT2D eigenvalue weighted by Gasteiger charge is 2.36. The Morgan fingerprint density at radius 3 is 2.38 bits per heavy atom. The first-order valence-electron chi connectivity index (χ1n) is 8.46. The first-order chi connectivity index (χ1) is 12.3. The molecule has 2 N–H and O–H groups in total. The van der Waals surface area contributed by atoms with Crippen LogP contribution in [-0.2, 0) is 4.79 Å². The zero-order chi connectivity index (χ0) is 18.9. The minimum Gasteiger partial charge on any atom is -0.490 e. The van der Waals surface area contributed by atoms with Gasteiger partial charge in [0, 0.05) is 24.5 Å². The molecule has 1 heterocycles. The Labute approximate surface area is 153 Å². The molecule has 0 atom stereocenters. The SMILES string of the molecule is Cc1ccc(NC(=O)Nc2ccc3c(c2)OCC(C)(C)C(=O)N3C)cc1. The molecule has 0 aromatic heterocycles. The van der Waals surface area contributed by atoms with Crippen molar-refractivity contribution in [3.05, 3.63) is 48.0 Å². The van der Waals surface area contributed by atoms with Gasteiger partial charge in [-0.1, -0.05) is 17.7 Å². The molecule has 0 spiro atoms. The first kappa shape index (κ1) is 17.8. The van der Waals surface area contributed by atoms with Crippen molar-refractivity contribution in [2.45, 2.75) is 20.8 Å². The van der Waals surface area contributed by atoms with Gasteiger partial charge in [-0.15, -0.1) is 0 Å². The quantitative estimate of drug-likeness (QED) is 0.857. The van der Waals surface area contributed by atoms with E-state index < -0.39 is 5.41 Å². The molecule has 1 aliphatic rings. The zero-order valence-corrected chi connectivity index (χ0v) is 15.4. The van der Waals surface area contributed by atoms with Gasteiger partial charge in [-0.25, -0.2) is 4.79 Å². The van der Waals surface area contributed by atoms with Gasteiger partial charge in [-0.3, -0.25) is 4.79 Å². The number of benzene rings is 2. The van der Waals surface area contributed by atoms with E-state index in [-0.39, 0.29) is 18.5 Å². The standard InChI is InChI=1S/C20H23N3O3/c1-13-5-7-14(8-6-13)21-19(25)22-15-9-10-16-17(11-15)26-12-20(2,3)18(24)23(16)4/h5-11H,12H2,1-4H3,(H2,21,22,25). The second-order valence-corrected chi connectivity index (χ2v) is 7.16. The van der Waals surface area contributed by atoms with E-state index in [0.717, 1.165) is 5.56 Å². The van der Waals surface area contributed by atoms with Gasteiger partial charge in [0.15, 0.2) is 0 Å². The lowest BCUT2D eigenvalue weighted by atomic mass is 9.93. The maximum absolute atomic E-state index is 12.5. The Bertz CT molecular complexity index is 844. The molecule has 0 fully saturated rings. The Balaban J connectivity index is 1.75. The largest absolute Gasteiger partial charge is 0.490 e. The third-order valence-electron chi connectivity index (χ3n) is 4.36. The van der Waals surface area contributed by atoms with Crippen LogP contribution in [-0.4, -0.2) is 25.6 Å². The van der Waals surface area contributed by atoms with E-state index in [1.165, 1.54) is 0 Å². The summed E-state index contributed by atoms with van der Waals surface area (Å²) < 4.78 is 5.82. The number of urea groups is 1. The average Bonchev–Trinajstić information content (AvgIpc) is 2.68. The van der Waals surface area contributed by atoms with E-state index in [4.69, 9.17) is 4.74 Å². The molecule has 0 aliphatic carbocycles. The zero-order valence-electron chi connectivity index (χ0n) is 15.4. The molecule has 0 saturated carbocycles. The van der Waals surface area contributed by atoms with Crippen LogP contribution in [0.25, 0.3) is 0 Å². The lowest BCUT2D eigenvalue weighted by Gasteiger charge is -2.24. The van der Waals surface area contributed by atoms with Gasteiger partial charge in [0.2, 0.25) is 5.91 Å². The predicted octanol–water partition coefficient (Wildman–Crippen LogP) is 4.02. The van der Waals surface area contributed by atoms with Crippen LogP contribution in [0.4, 0.5) is 21.9 Å². The fourth-order valence-electron chi connectivity index (χ4n) is 2.80. The lowest BCUT2D eigenvalue weighted by molar-refractivity contribution is -0.127. The van der Waals surface area contributed by atoms with Crippen LogP contribution in [0.1, 0.15) is 19.4 Å². The molecule has 0 saturated heterocycles. The van der Waals surface area contributed by atoms with Gasteiger partial charge in [0.1, 0.15) is 12.4 Å². The number of nitrogens with zero attached hydrogens (tertiary/aromatic N) is 1. The average molecular weight is 353 g/mol. The summed E-state index contributed by atoms with van der Waals surface area (Å²) in [5.74, 6) is 0.564. The number of rotatable bonds is 2. The third-order valence-corrected chi connectivity index (χ3v) is 4.36. The summed E-state index contributed by atoms with van der Waals surface area (Å²) in [6.07, 6.45) is 0. The van der Waals surface area contributed by atoms with Gasteiger partial charge in [-0.05, 0) is 45.0 Å². The van der Waals surface area contributed by atoms with Crippen LogP contribution in [0, 0.1) is 12.3 Å². The normalized spacial score (nSPS) is 15.5. The molecule has 136 valence electrons. The molecule has 26 heavy (non-hydrogen) atoms. The topological polar surface area (TPSA) is 70.7 Å². The number of fused-ring (bicyclic) bond motifs is 1. The number of hydrogen-bond donors (Lipinski definition) is 2. The summed E-state index contributed by atoms with van der Waals surface area (Å²) in [5.41, 5.74) is 2.51. The van der Waals surface area contributed by atoms with Gasteiger partial charge >= 0.3 is 6.03 Å². The summed E-state index contributed by atoms with van der Waals surface area (Å²) in [6.45, 7) is 5.97. The van der Waals surface area contributed by atoms with Crippen molar-refractivity contribution in [2.24, 2.45) is 5.41 Å². The number of amides is 3. The van der Waals surface area contributed by atoms with E-state index >= 15 is 0 Å². The molecule has 0 radical (unpaired) electrons. The summed E-state index contributed by atoms with van der Waals surface area (Å²) in [5, 5.41) is 5.57. The van der Waals surface area contributed by atoms with Crippen LogP contribution in [0.15, 0.2) is 42.5 Å². The Morgan fingerprint density at radius 2 is 1.69 bits per heavy atom. The third kappa shape index (κ3) is 3.64. The van der Waals surface area contributed by atoms with Crippen LogP contribution in [0.2, 0.25) is 0 Å². The van der Waals surface area contributed by atoms with Crippen molar-refractivity contribution in [1.29, 1.82) is 0 Å². The van der Waals surface area contributed by atoms with Crippen LogP contribution >= 0.6 is 0 Å². The molecule has 6 nitrogen and oxygen atoms in total. The highest BCUT2D eigenvalue weighted by molar-refractivity contribution is 6.01. The smallest absolute Gasteiger partial charge is 0.323 e. The second kappa shape index (κ2) is 6.71.